The van der Waals surface area contributed by atoms with Crippen LogP contribution in [0.25, 0.3) is 0 Å². The Morgan fingerprint density at radius 3 is 2.80 bits per heavy atom. The van der Waals surface area contributed by atoms with Gasteiger partial charge in [-0.3, -0.25) is 0 Å². The number of thiophene rings is 1. The molecule has 20 heavy (non-hydrogen) atoms. The molecule has 1 aromatic heterocycles. The third kappa shape index (κ3) is 3.13. The van der Waals surface area contributed by atoms with Crippen LogP contribution in [0, 0.1) is 0 Å². The van der Waals surface area contributed by atoms with E-state index in [4.69, 9.17) is 0 Å². The van der Waals surface area contributed by atoms with Crippen LogP contribution in [0.15, 0.2) is 36.4 Å². The van der Waals surface area contributed by atoms with Gasteiger partial charge in [0, 0.05) is 15.8 Å². The van der Waals surface area contributed by atoms with Crippen molar-refractivity contribution >= 4 is 11.3 Å². The van der Waals surface area contributed by atoms with Crippen LogP contribution in [0.5, 0.6) is 0 Å². The van der Waals surface area contributed by atoms with Gasteiger partial charge in [-0.25, -0.2) is 0 Å². The zero-order valence-corrected chi connectivity index (χ0v) is 13.0. The SMILES string of the molecule is CCNC(CCc1ccccc1)c1cc2c(s1)CCC2. The van der Waals surface area contributed by atoms with Gasteiger partial charge in [0.05, 0.1) is 0 Å². The standard InChI is InChI=1S/C18H23NS/c1-2-19-16(12-11-14-7-4-3-5-8-14)18-13-15-9-6-10-17(15)20-18/h3-5,7-8,13,16,19H,2,6,9-12H2,1H3. The molecule has 1 N–H and O–H groups in total. The van der Waals surface area contributed by atoms with Gasteiger partial charge in [0.2, 0.25) is 0 Å². The van der Waals surface area contributed by atoms with Crippen molar-refractivity contribution in [1.29, 1.82) is 0 Å². The molecule has 1 nitrogen and oxygen atoms in total. The topological polar surface area (TPSA) is 12.0 Å². The van der Waals surface area contributed by atoms with Gasteiger partial charge >= 0.3 is 0 Å². The molecule has 0 saturated heterocycles. The van der Waals surface area contributed by atoms with E-state index < -0.39 is 0 Å². The van der Waals surface area contributed by atoms with Crippen molar-refractivity contribution in [3.05, 3.63) is 57.3 Å². The zero-order valence-electron chi connectivity index (χ0n) is 12.2. The summed E-state index contributed by atoms with van der Waals surface area (Å²) in [5.41, 5.74) is 3.06. The van der Waals surface area contributed by atoms with E-state index in [0.29, 0.717) is 6.04 Å². The molecule has 0 aliphatic heterocycles. The second kappa shape index (κ2) is 6.55. The minimum Gasteiger partial charge on any atom is -0.310 e. The Hall–Kier alpha value is -1.12. The van der Waals surface area contributed by atoms with Gasteiger partial charge in [0.15, 0.2) is 0 Å². The summed E-state index contributed by atoms with van der Waals surface area (Å²) < 4.78 is 0. The lowest BCUT2D eigenvalue weighted by Gasteiger charge is -2.16. The van der Waals surface area contributed by atoms with Crippen LogP contribution >= 0.6 is 11.3 Å². The molecular formula is C18H23NS. The molecule has 1 heterocycles. The summed E-state index contributed by atoms with van der Waals surface area (Å²) in [4.78, 5) is 3.19. The Bertz CT molecular complexity index is 522. The molecule has 1 aliphatic rings. The maximum absolute atomic E-state index is 3.67. The zero-order chi connectivity index (χ0) is 13.8. The van der Waals surface area contributed by atoms with Gasteiger partial charge < -0.3 is 5.32 Å². The van der Waals surface area contributed by atoms with Crippen molar-refractivity contribution in [3.8, 4) is 0 Å². The first kappa shape index (κ1) is 13.8. The Morgan fingerprint density at radius 1 is 1.20 bits per heavy atom. The van der Waals surface area contributed by atoms with Crippen LogP contribution in [-0.4, -0.2) is 6.54 Å². The van der Waals surface area contributed by atoms with Gasteiger partial charge in [0.25, 0.3) is 0 Å². The summed E-state index contributed by atoms with van der Waals surface area (Å²) in [5.74, 6) is 0. The minimum absolute atomic E-state index is 0.524. The van der Waals surface area contributed by atoms with Crippen LogP contribution in [0.1, 0.15) is 46.7 Å². The molecule has 0 fully saturated rings. The lowest BCUT2D eigenvalue weighted by Crippen LogP contribution is -2.20. The number of hydrogen-bond acceptors (Lipinski definition) is 2. The normalized spacial score (nSPS) is 15.2. The molecular weight excluding hydrogens is 262 g/mol. The molecule has 0 spiro atoms. The molecule has 2 aromatic rings. The summed E-state index contributed by atoms with van der Waals surface area (Å²) >= 11 is 2.04. The second-order valence-electron chi connectivity index (χ2n) is 5.59. The van der Waals surface area contributed by atoms with Gasteiger partial charge in [-0.1, -0.05) is 37.3 Å². The average Bonchev–Trinajstić information content (AvgIpc) is 3.05. The molecule has 2 heteroatoms. The van der Waals surface area contributed by atoms with Crippen molar-refractivity contribution in [1.82, 2.24) is 5.32 Å². The third-order valence-electron chi connectivity index (χ3n) is 4.12. The summed E-state index contributed by atoms with van der Waals surface area (Å²) in [7, 11) is 0. The summed E-state index contributed by atoms with van der Waals surface area (Å²) in [6.45, 7) is 3.25. The highest BCUT2D eigenvalue weighted by Crippen LogP contribution is 2.35. The van der Waals surface area contributed by atoms with Crippen molar-refractivity contribution in [2.75, 3.05) is 6.54 Å². The lowest BCUT2D eigenvalue weighted by molar-refractivity contribution is 0.522. The first-order chi connectivity index (χ1) is 9.86. The first-order valence-electron chi connectivity index (χ1n) is 7.75. The fourth-order valence-electron chi connectivity index (χ4n) is 3.07. The Labute approximate surface area is 126 Å². The molecule has 1 unspecified atom stereocenters. The van der Waals surface area contributed by atoms with E-state index in [1.165, 1.54) is 31.2 Å². The van der Waals surface area contributed by atoms with Gasteiger partial charge in [-0.05, 0) is 55.8 Å². The maximum Gasteiger partial charge on any atom is 0.0418 e. The molecule has 1 aromatic carbocycles. The highest BCUT2D eigenvalue weighted by atomic mass is 32.1. The molecule has 1 atom stereocenters. The van der Waals surface area contributed by atoms with Crippen molar-refractivity contribution in [3.63, 3.8) is 0 Å². The Balaban J connectivity index is 1.68. The number of nitrogens with one attached hydrogen (secondary N) is 1. The van der Waals surface area contributed by atoms with E-state index in [0.717, 1.165) is 13.0 Å². The smallest absolute Gasteiger partial charge is 0.0418 e. The fraction of sp³-hybridized carbons (Fsp3) is 0.444. The number of hydrogen-bond donors (Lipinski definition) is 1. The summed E-state index contributed by atoms with van der Waals surface area (Å²) in [6, 6.07) is 13.8. The van der Waals surface area contributed by atoms with E-state index >= 15 is 0 Å². The van der Waals surface area contributed by atoms with Crippen molar-refractivity contribution in [2.45, 2.75) is 45.1 Å². The third-order valence-corrected chi connectivity index (χ3v) is 5.47. The summed E-state index contributed by atoms with van der Waals surface area (Å²) in [6.07, 6.45) is 6.30. The molecule has 0 bridgehead atoms. The van der Waals surface area contributed by atoms with Gasteiger partial charge in [0.1, 0.15) is 0 Å². The molecule has 0 amide bonds. The highest BCUT2D eigenvalue weighted by Gasteiger charge is 2.19. The highest BCUT2D eigenvalue weighted by molar-refractivity contribution is 7.12. The van der Waals surface area contributed by atoms with E-state index in [9.17, 15) is 0 Å². The predicted molar refractivity (Wildman–Crippen MR) is 87.5 cm³/mol. The Kier molecular flexibility index (Phi) is 4.54. The second-order valence-corrected chi connectivity index (χ2v) is 6.75. The lowest BCUT2D eigenvalue weighted by atomic mass is 10.0. The largest absolute Gasteiger partial charge is 0.310 e. The van der Waals surface area contributed by atoms with E-state index in [2.05, 4.69) is 48.6 Å². The van der Waals surface area contributed by atoms with Crippen molar-refractivity contribution in [2.24, 2.45) is 0 Å². The molecule has 3 rings (SSSR count). The number of fused-ring (bicyclic) bond motifs is 1. The molecule has 0 saturated carbocycles. The fourth-order valence-corrected chi connectivity index (χ4v) is 4.44. The average molecular weight is 285 g/mol. The van der Waals surface area contributed by atoms with Crippen LogP contribution in [0.3, 0.4) is 0 Å². The monoisotopic (exact) mass is 285 g/mol. The van der Waals surface area contributed by atoms with Crippen LogP contribution < -0.4 is 5.32 Å². The van der Waals surface area contributed by atoms with Crippen LogP contribution in [0.4, 0.5) is 0 Å². The minimum atomic E-state index is 0.524. The van der Waals surface area contributed by atoms with Crippen molar-refractivity contribution < 1.29 is 0 Å². The maximum atomic E-state index is 3.67. The number of benzene rings is 1. The van der Waals surface area contributed by atoms with E-state index in [1.807, 2.05) is 11.3 Å². The van der Waals surface area contributed by atoms with Crippen LogP contribution in [0.2, 0.25) is 0 Å². The quantitative estimate of drug-likeness (QED) is 0.823. The predicted octanol–water partition coefficient (Wildman–Crippen LogP) is 4.52. The number of aryl methyl sites for hydroxylation is 3. The summed E-state index contributed by atoms with van der Waals surface area (Å²) in [5, 5.41) is 3.67. The molecule has 106 valence electrons. The first-order valence-corrected chi connectivity index (χ1v) is 8.57. The molecule has 0 radical (unpaired) electrons. The Morgan fingerprint density at radius 2 is 2.05 bits per heavy atom. The van der Waals surface area contributed by atoms with E-state index in [1.54, 1.807) is 15.3 Å². The van der Waals surface area contributed by atoms with Gasteiger partial charge in [-0.2, -0.15) is 0 Å². The van der Waals surface area contributed by atoms with Gasteiger partial charge in [-0.15, -0.1) is 11.3 Å². The number of rotatable bonds is 6. The molecule has 1 aliphatic carbocycles. The van der Waals surface area contributed by atoms with Crippen LogP contribution in [-0.2, 0) is 19.3 Å². The van der Waals surface area contributed by atoms with E-state index in [-0.39, 0.29) is 0 Å².